The lowest BCUT2D eigenvalue weighted by atomic mass is 9.95. The summed E-state index contributed by atoms with van der Waals surface area (Å²) < 4.78 is 9.84. The summed E-state index contributed by atoms with van der Waals surface area (Å²) in [5, 5.41) is 0. The Balaban J connectivity index is 2.85. The first-order chi connectivity index (χ1) is 9.49. The number of rotatable bonds is 7. The molecular weight excluding hydrogens is 260 g/mol. The summed E-state index contributed by atoms with van der Waals surface area (Å²) in [4.78, 5) is 35.2. The number of hydrogen-bond donors (Lipinski definition) is 0. The van der Waals surface area contributed by atoms with E-state index in [2.05, 4.69) is 0 Å². The Morgan fingerprint density at radius 1 is 1.25 bits per heavy atom. The highest BCUT2D eigenvalue weighted by molar-refractivity contribution is 6.05. The van der Waals surface area contributed by atoms with Gasteiger partial charge in [-0.25, -0.2) is 0 Å². The molecule has 1 atom stereocenters. The second kappa shape index (κ2) is 7.43. The minimum absolute atomic E-state index is 0.177. The molecule has 0 aliphatic carbocycles. The first-order valence-corrected chi connectivity index (χ1v) is 6.34. The molecule has 0 fully saturated rings. The number of hydrogen-bond acceptors (Lipinski definition) is 5. The molecule has 108 valence electrons. The summed E-state index contributed by atoms with van der Waals surface area (Å²) in [6, 6.07) is 6.58. The largest absolute Gasteiger partial charge is 0.497 e. The second-order valence-electron chi connectivity index (χ2n) is 4.27. The van der Waals surface area contributed by atoms with E-state index in [4.69, 9.17) is 9.47 Å². The Kier molecular flexibility index (Phi) is 5.90. The third-order valence-corrected chi connectivity index (χ3v) is 2.84. The lowest BCUT2D eigenvalue weighted by molar-refractivity contribution is -0.151. The van der Waals surface area contributed by atoms with Crippen molar-refractivity contribution in [2.24, 2.45) is 5.92 Å². The van der Waals surface area contributed by atoms with Crippen molar-refractivity contribution < 1.29 is 23.9 Å². The molecule has 20 heavy (non-hydrogen) atoms. The predicted molar refractivity (Wildman–Crippen MR) is 72.7 cm³/mol. The zero-order valence-electron chi connectivity index (χ0n) is 11.8. The van der Waals surface area contributed by atoms with Crippen LogP contribution in [0.4, 0.5) is 0 Å². The maximum Gasteiger partial charge on any atom is 0.316 e. The molecule has 0 saturated carbocycles. The van der Waals surface area contributed by atoms with Gasteiger partial charge in [0.05, 0.1) is 13.7 Å². The molecule has 0 amide bonds. The number of benzene rings is 1. The summed E-state index contributed by atoms with van der Waals surface area (Å²) in [7, 11) is 1.50. The van der Waals surface area contributed by atoms with Gasteiger partial charge in [0.2, 0.25) is 0 Å². The van der Waals surface area contributed by atoms with Crippen molar-refractivity contribution in [3.05, 3.63) is 29.8 Å². The predicted octanol–water partition coefficient (Wildman–Crippen LogP) is 2.04. The van der Waals surface area contributed by atoms with E-state index in [1.807, 2.05) is 0 Å². The van der Waals surface area contributed by atoms with E-state index in [0.29, 0.717) is 11.3 Å². The Hall–Kier alpha value is -2.17. The van der Waals surface area contributed by atoms with Gasteiger partial charge < -0.3 is 9.47 Å². The number of esters is 1. The van der Waals surface area contributed by atoms with Gasteiger partial charge in [-0.15, -0.1) is 0 Å². The van der Waals surface area contributed by atoms with Crippen molar-refractivity contribution in [3.8, 4) is 5.75 Å². The molecule has 1 unspecified atom stereocenters. The first kappa shape index (κ1) is 15.9. The Bertz CT molecular complexity index is 507. The quantitative estimate of drug-likeness (QED) is 0.433. The molecule has 1 aromatic rings. The monoisotopic (exact) mass is 278 g/mol. The van der Waals surface area contributed by atoms with Crippen molar-refractivity contribution in [2.75, 3.05) is 13.7 Å². The molecule has 0 spiro atoms. The number of ketones is 2. The zero-order chi connectivity index (χ0) is 15.1. The molecule has 0 aromatic heterocycles. The van der Waals surface area contributed by atoms with Crippen LogP contribution in [0.15, 0.2) is 24.3 Å². The molecule has 0 aliphatic rings. The van der Waals surface area contributed by atoms with Gasteiger partial charge in [-0.2, -0.15) is 0 Å². The fraction of sp³-hybridized carbons (Fsp3) is 0.400. The fourth-order valence-corrected chi connectivity index (χ4v) is 1.74. The molecule has 0 aliphatic heterocycles. The van der Waals surface area contributed by atoms with E-state index in [9.17, 15) is 14.4 Å². The Morgan fingerprint density at radius 2 is 1.95 bits per heavy atom. The molecule has 0 bridgehead atoms. The van der Waals surface area contributed by atoms with Gasteiger partial charge in [-0.1, -0.05) is 12.1 Å². The summed E-state index contributed by atoms with van der Waals surface area (Å²) in [6.07, 6.45) is -0.193. The van der Waals surface area contributed by atoms with Crippen molar-refractivity contribution in [1.29, 1.82) is 0 Å². The summed E-state index contributed by atoms with van der Waals surface area (Å²) in [5.74, 6) is -1.83. The molecule has 0 radical (unpaired) electrons. The minimum Gasteiger partial charge on any atom is -0.497 e. The van der Waals surface area contributed by atoms with Crippen LogP contribution in [0, 0.1) is 5.92 Å². The van der Waals surface area contributed by atoms with Crippen molar-refractivity contribution in [3.63, 3.8) is 0 Å². The van der Waals surface area contributed by atoms with Gasteiger partial charge >= 0.3 is 5.97 Å². The van der Waals surface area contributed by atoms with E-state index in [1.54, 1.807) is 31.2 Å². The average Bonchev–Trinajstić information content (AvgIpc) is 2.44. The SMILES string of the molecule is CCOC(=O)C(CC(=O)c1cccc(OC)c1)C(C)=O. The Labute approximate surface area is 117 Å². The van der Waals surface area contributed by atoms with E-state index >= 15 is 0 Å². The van der Waals surface area contributed by atoms with Gasteiger partial charge in [0, 0.05) is 12.0 Å². The maximum atomic E-state index is 12.1. The first-order valence-electron chi connectivity index (χ1n) is 6.34. The highest BCUT2D eigenvalue weighted by Crippen LogP contribution is 2.17. The standard InChI is InChI=1S/C15H18O5/c1-4-20-15(18)13(10(2)16)9-14(17)11-6-5-7-12(8-11)19-3/h5-8,13H,4,9H2,1-3H3. The fourth-order valence-electron chi connectivity index (χ4n) is 1.74. The van der Waals surface area contributed by atoms with Crippen LogP contribution in [-0.4, -0.2) is 31.3 Å². The van der Waals surface area contributed by atoms with Crippen LogP contribution < -0.4 is 4.74 Å². The van der Waals surface area contributed by atoms with Crippen molar-refractivity contribution >= 4 is 17.5 Å². The molecule has 1 aromatic carbocycles. The third-order valence-electron chi connectivity index (χ3n) is 2.84. The van der Waals surface area contributed by atoms with Crippen LogP contribution in [-0.2, 0) is 14.3 Å². The molecule has 0 heterocycles. The van der Waals surface area contributed by atoms with Crippen LogP contribution in [0.2, 0.25) is 0 Å². The molecule has 0 N–H and O–H groups in total. The smallest absolute Gasteiger partial charge is 0.316 e. The summed E-state index contributed by atoms with van der Waals surface area (Å²) >= 11 is 0. The van der Waals surface area contributed by atoms with E-state index in [-0.39, 0.29) is 24.6 Å². The highest BCUT2D eigenvalue weighted by Gasteiger charge is 2.28. The lowest BCUT2D eigenvalue weighted by Crippen LogP contribution is -2.27. The summed E-state index contributed by atoms with van der Waals surface area (Å²) in [5.41, 5.74) is 0.403. The van der Waals surface area contributed by atoms with Gasteiger partial charge in [0.25, 0.3) is 0 Å². The third kappa shape index (κ3) is 4.19. The highest BCUT2D eigenvalue weighted by atomic mass is 16.5. The van der Waals surface area contributed by atoms with Crippen LogP contribution in [0.3, 0.4) is 0 Å². The zero-order valence-corrected chi connectivity index (χ0v) is 11.8. The second-order valence-corrected chi connectivity index (χ2v) is 4.27. The molecule has 1 rings (SSSR count). The van der Waals surface area contributed by atoms with Gasteiger partial charge in [-0.3, -0.25) is 14.4 Å². The molecule has 5 nitrogen and oxygen atoms in total. The van der Waals surface area contributed by atoms with E-state index < -0.39 is 11.9 Å². The van der Waals surface area contributed by atoms with Crippen molar-refractivity contribution in [1.82, 2.24) is 0 Å². The van der Waals surface area contributed by atoms with Gasteiger partial charge in [-0.05, 0) is 26.0 Å². The maximum absolute atomic E-state index is 12.1. The van der Waals surface area contributed by atoms with Crippen LogP contribution in [0.5, 0.6) is 5.75 Å². The number of methoxy groups -OCH3 is 1. The minimum atomic E-state index is -1.05. The number of ether oxygens (including phenoxy) is 2. The van der Waals surface area contributed by atoms with E-state index in [1.165, 1.54) is 14.0 Å². The van der Waals surface area contributed by atoms with Gasteiger partial charge in [0.1, 0.15) is 17.5 Å². The number of Topliss-reactive ketones (excluding diaryl/α,β-unsaturated/α-hetero) is 2. The summed E-state index contributed by atoms with van der Waals surface area (Å²) in [6.45, 7) is 3.11. The molecular formula is C15H18O5. The lowest BCUT2D eigenvalue weighted by Gasteiger charge is -2.12. The van der Waals surface area contributed by atoms with Crippen LogP contribution in [0.25, 0.3) is 0 Å². The molecule has 5 heteroatoms. The molecule has 0 saturated heterocycles. The van der Waals surface area contributed by atoms with Crippen LogP contribution >= 0.6 is 0 Å². The number of carbonyl (C=O) groups excluding carboxylic acids is 3. The normalized spacial score (nSPS) is 11.6. The number of carbonyl (C=O) groups is 3. The Morgan fingerprint density at radius 3 is 2.50 bits per heavy atom. The van der Waals surface area contributed by atoms with Crippen LogP contribution in [0.1, 0.15) is 30.6 Å². The van der Waals surface area contributed by atoms with Gasteiger partial charge in [0.15, 0.2) is 5.78 Å². The average molecular weight is 278 g/mol. The van der Waals surface area contributed by atoms with Crippen molar-refractivity contribution in [2.45, 2.75) is 20.3 Å². The van der Waals surface area contributed by atoms with E-state index in [0.717, 1.165) is 0 Å². The topological polar surface area (TPSA) is 69.7 Å².